The largest absolute Gasteiger partial charge is 0.338 e. The molecular weight excluding hydrogens is 292 g/mol. The molecule has 0 aliphatic carbocycles. The van der Waals surface area contributed by atoms with E-state index < -0.39 is 4.92 Å². The molecule has 1 amide bonds. The first-order chi connectivity index (χ1) is 9.96. The van der Waals surface area contributed by atoms with Gasteiger partial charge in [0.25, 0.3) is 11.6 Å². The highest BCUT2D eigenvalue weighted by molar-refractivity contribution is 7.98. The molecule has 8 heteroatoms. The highest BCUT2D eigenvalue weighted by Gasteiger charge is 2.23. The third kappa shape index (κ3) is 4.08. The number of benzene rings is 1. The number of hydrogen-bond acceptors (Lipinski definition) is 6. The van der Waals surface area contributed by atoms with Crippen molar-refractivity contribution in [1.82, 2.24) is 4.90 Å². The van der Waals surface area contributed by atoms with Gasteiger partial charge in [0.15, 0.2) is 0 Å². The lowest BCUT2D eigenvalue weighted by Crippen LogP contribution is -2.38. The number of hydrogen-bond donors (Lipinski definition) is 2. The molecule has 1 aromatic rings. The number of thioether (sulfide) groups is 1. The Morgan fingerprint density at radius 2 is 2.24 bits per heavy atom. The first-order valence-corrected chi connectivity index (χ1v) is 7.86. The Hall–Kier alpha value is -1.80. The molecule has 0 saturated carbocycles. The average molecular weight is 312 g/mol. The molecule has 0 spiro atoms. The number of nitro groups is 1. The molecule has 0 radical (unpaired) electrons. The van der Waals surface area contributed by atoms with Crippen LogP contribution >= 0.6 is 11.8 Å². The number of nitrogens with zero attached hydrogens (tertiary/aromatic N) is 2. The summed E-state index contributed by atoms with van der Waals surface area (Å²) in [6, 6.07) is 4.07. The lowest BCUT2D eigenvalue weighted by atomic mass is 10.1. The standard InChI is InChI=1S/C13H20N4O3S/c1-4-9(8-21-3)16(2)13(18)11-7-10(17(19)20)5-6-12(11)15-14/h5-7,9,15H,4,8,14H2,1-3H3. The number of rotatable bonds is 7. The number of anilines is 1. The lowest BCUT2D eigenvalue weighted by Gasteiger charge is -2.27. The second-order valence-corrected chi connectivity index (χ2v) is 5.48. The van der Waals surface area contributed by atoms with Gasteiger partial charge >= 0.3 is 0 Å². The summed E-state index contributed by atoms with van der Waals surface area (Å²) in [7, 11) is 1.70. The fraction of sp³-hybridized carbons (Fsp3) is 0.462. The minimum atomic E-state index is -0.531. The SMILES string of the molecule is CCC(CSC)N(C)C(=O)c1cc([N+](=O)[O-])ccc1NN. The predicted octanol–water partition coefficient (Wildman–Crippen LogP) is 2.09. The van der Waals surface area contributed by atoms with Gasteiger partial charge in [0.05, 0.1) is 16.2 Å². The molecule has 0 fully saturated rings. The molecule has 0 aliphatic rings. The van der Waals surface area contributed by atoms with Crippen molar-refractivity contribution in [3.8, 4) is 0 Å². The van der Waals surface area contributed by atoms with E-state index in [9.17, 15) is 14.9 Å². The fourth-order valence-electron chi connectivity index (χ4n) is 2.00. The van der Waals surface area contributed by atoms with Crippen LogP contribution in [-0.2, 0) is 0 Å². The van der Waals surface area contributed by atoms with Crippen molar-refractivity contribution in [2.45, 2.75) is 19.4 Å². The molecule has 1 unspecified atom stereocenters. The molecule has 1 rings (SSSR count). The topological polar surface area (TPSA) is 102 Å². The molecule has 1 aromatic carbocycles. The minimum absolute atomic E-state index is 0.0670. The maximum atomic E-state index is 12.6. The molecule has 1 atom stereocenters. The highest BCUT2D eigenvalue weighted by atomic mass is 32.2. The van der Waals surface area contributed by atoms with Crippen molar-refractivity contribution in [2.24, 2.45) is 5.84 Å². The third-order valence-electron chi connectivity index (χ3n) is 3.30. The van der Waals surface area contributed by atoms with E-state index in [0.29, 0.717) is 5.69 Å². The Balaban J connectivity index is 3.14. The van der Waals surface area contributed by atoms with Gasteiger partial charge in [-0.25, -0.2) is 0 Å². The van der Waals surface area contributed by atoms with Crippen LogP contribution in [-0.4, -0.2) is 40.8 Å². The molecule has 116 valence electrons. The zero-order valence-corrected chi connectivity index (χ0v) is 13.1. The van der Waals surface area contributed by atoms with Crippen molar-refractivity contribution >= 4 is 29.0 Å². The van der Waals surface area contributed by atoms with Crippen LogP contribution in [0.25, 0.3) is 0 Å². The van der Waals surface area contributed by atoms with Crippen LogP contribution in [0.15, 0.2) is 18.2 Å². The molecule has 7 nitrogen and oxygen atoms in total. The van der Waals surface area contributed by atoms with Gasteiger partial charge in [-0.3, -0.25) is 20.8 Å². The van der Waals surface area contributed by atoms with E-state index in [0.717, 1.165) is 12.2 Å². The third-order valence-corrected chi connectivity index (χ3v) is 4.02. The van der Waals surface area contributed by atoms with Crippen molar-refractivity contribution < 1.29 is 9.72 Å². The number of amides is 1. The van der Waals surface area contributed by atoms with Crippen molar-refractivity contribution in [2.75, 3.05) is 24.5 Å². The summed E-state index contributed by atoms with van der Waals surface area (Å²) in [6.07, 6.45) is 2.78. The molecule has 0 aromatic heterocycles. The van der Waals surface area contributed by atoms with Gasteiger partial charge in [-0.1, -0.05) is 6.92 Å². The molecule has 3 N–H and O–H groups in total. The molecular formula is C13H20N4O3S. The van der Waals surface area contributed by atoms with E-state index in [-0.39, 0.29) is 23.2 Å². The summed E-state index contributed by atoms with van der Waals surface area (Å²) >= 11 is 1.65. The Labute approximate surface area is 128 Å². The van der Waals surface area contributed by atoms with Gasteiger partial charge in [-0.15, -0.1) is 0 Å². The van der Waals surface area contributed by atoms with E-state index in [4.69, 9.17) is 5.84 Å². The Morgan fingerprint density at radius 3 is 2.71 bits per heavy atom. The number of hydrazine groups is 1. The highest BCUT2D eigenvalue weighted by Crippen LogP contribution is 2.24. The summed E-state index contributed by atoms with van der Waals surface area (Å²) in [5.74, 6) is 5.91. The Kier molecular flexibility index (Phi) is 6.44. The smallest absolute Gasteiger partial charge is 0.270 e. The quantitative estimate of drug-likeness (QED) is 0.454. The average Bonchev–Trinajstić information content (AvgIpc) is 2.50. The van der Waals surface area contributed by atoms with Crippen molar-refractivity contribution in [1.29, 1.82) is 0 Å². The first kappa shape index (κ1) is 17.3. The van der Waals surface area contributed by atoms with E-state index in [1.807, 2.05) is 13.2 Å². The Bertz CT molecular complexity index is 524. The van der Waals surface area contributed by atoms with Gasteiger partial charge < -0.3 is 10.3 Å². The van der Waals surface area contributed by atoms with Gasteiger partial charge in [0, 0.05) is 31.0 Å². The fourth-order valence-corrected chi connectivity index (χ4v) is 2.84. The van der Waals surface area contributed by atoms with Crippen LogP contribution in [0, 0.1) is 10.1 Å². The Morgan fingerprint density at radius 1 is 1.57 bits per heavy atom. The normalized spacial score (nSPS) is 11.8. The first-order valence-electron chi connectivity index (χ1n) is 6.47. The summed E-state index contributed by atoms with van der Waals surface area (Å²) in [4.78, 5) is 24.5. The van der Waals surface area contributed by atoms with Gasteiger partial charge in [-0.05, 0) is 18.7 Å². The number of carbonyl (C=O) groups excluding carboxylic acids is 1. The monoisotopic (exact) mass is 312 g/mol. The maximum Gasteiger partial charge on any atom is 0.270 e. The van der Waals surface area contributed by atoms with Crippen LogP contribution < -0.4 is 11.3 Å². The van der Waals surface area contributed by atoms with E-state index >= 15 is 0 Å². The summed E-state index contributed by atoms with van der Waals surface area (Å²) in [5.41, 5.74) is 2.85. The summed E-state index contributed by atoms with van der Waals surface area (Å²) in [5, 5.41) is 10.9. The second kappa shape index (κ2) is 7.84. The van der Waals surface area contributed by atoms with Crippen LogP contribution in [0.2, 0.25) is 0 Å². The molecule has 0 bridgehead atoms. The number of nitrogens with two attached hydrogens (primary N) is 1. The zero-order chi connectivity index (χ0) is 16.0. The molecule has 0 saturated heterocycles. The molecule has 0 heterocycles. The van der Waals surface area contributed by atoms with Crippen LogP contribution in [0.5, 0.6) is 0 Å². The maximum absolute atomic E-state index is 12.6. The van der Waals surface area contributed by atoms with E-state index in [2.05, 4.69) is 5.43 Å². The second-order valence-electron chi connectivity index (χ2n) is 4.56. The van der Waals surface area contributed by atoms with Crippen LogP contribution in [0.1, 0.15) is 23.7 Å². The number of carbonyl (C=O) groups is 1. The zero-order valence-electron chi connectivity index (χ0n) is 12.3. The van der Waals surface area contributed by atoms with Gasteiger partial charge in [0.2, 0.25) is 0 Å². The van der Waals surface area contributed by atoms with Crippen LogP contribution in [0.3, 0.4) is 0 Å². The van der Waals surface area contributed by atoms with Gasteiger partial charge in [-0.2, -0.15) is 11.8 Å². The van der Waals surface area contributed by atoms with Gasteiger partial charge in [0.1, 0.15) is 0 Å². The molecule has 0 aliphatic heterocycles. The number of nitro benzene ring substituents is 1. The number of non-ortho nitro benzene ring substituents is 1. The van der Waals surface area contributed by atoms with Crippen molar-refractivity contribution in [3.63, 3.8) is 0 Å². The number of nitrogen functional groups attached to an aromatic ring is 1. The number of nitrogens with one attached hydrogen (secondary N) is 1. The molecule has 21 heavy (non-hydrogen) atoms. The van der Waals surface area contributed by atoms with E-state index in [1.165, 1.54) is 18.2 Å². The summed E-state index contributed by atoms with van der Waals surface area (Å²) < 4.78 is 0. The van der Waals surface area contributed by atoms with Crippen molar-refractivity contribution in [3.05, 3.63) is 33.9 Å². The van der Waals surface area contributed by atoms with Crippen LogP contribution in [0.4, 0.5) is 11.4 Å². The summed E-state index contributed by atoms with van der Waals surface area (Å²) in [6.45, 7) is 2.00. The predicted molar refractivity (Wildman–Crippen MR) is 85.5 cm³/mol. The lowest BCUT2D eigenvalue weighted by molar-refractivity contribution is -0.384. The minimum Gasteiger partial charge on any atom is -0.338 e. The van der Waals surface area contributed by atoms with E-state index in [1.54, 1.807) is 23.7 Å².